The van der Waals surface area contributed by atoms with E-state index >= 15 is 0 Å². The van der Waals surface area contributed by atoms with Crippen LogP contribution in [0.3, 0.4) is 0 Å². The Morgan fingerprint density at radius 2 is 0.851 bits per heavy atom. The molecule has 232 valence electrons. The van der Waals surface area contributed by atoms with Crippen molar-refractivity contribution < 1.29 is 0 Å². The van der Waals surface area contributed by atoms with Crippen LogP contribution in [-0.2, 0) is 0 Å². The van der Waals surface area contributed by atoms with Crippen LogP contribution >= 0.6 is 0 Å². The molecule has 47 heavy (non-hydrogen) atoms. The molecule has 0 bridgehead atoms. The Labute approximate surface area is 310 Å². The van der Waals surface area contributed by atoms with Gasteiger partial charge in [-0.1, -0.05) is 171 Å². The molecule has 0 spiro atoms. The molecule has 4 aromatic carbocycles. The van der Waals surface area contributed by atoms with Gasteiger partial charge >= 0.3 is 37.7 Å². The molecule has 0 radical (unpaired) electrons. The first-order valence-electron chi connectivity index (χ1n) is 18.1. The van der Waals surface area contributed by atoms with Crippen molar-refractivity contribution in [3.05, 3.63) is 130 Å². The molecule has 0 saturated heterocycles. The molecule has 0 nitrogen and oxygen atoms in total. The van der Waals surface area contributed by atoms with Crippen molar-refractivity contribution in [3.8, 4) is 22.3 Å². The molecule has 0 amide bonds. The number of hydrogen-bond donors (Lipinski definition) is 0. The quantitative estimate of drug-likeness (QED) is 0.172. The Balaban J connectivity index is 0.00000193. The van der Waals surface area contributed by atoms with E-state index in [1.54, 1.807) is 22.3 Å². The maximum atomic E-state index is 2.68. The number of allylic oxidation sites excluding steroid dienone is 2. The molecule has 4 aliphatic rings. The summed E-state index contributed by atoms with van der Waals surface area (Å²) in [4.78, 5) is 0. The molecule has 0 aliphatic heterocycles. The van der Waals surface area contributed by atoms with E-state index in [0.29, 0.717) is 11.8 Å². The zero-order chi connectivity index (χ0) is 30.0. The molecule has 2 unspecified atom stereocenters. The van der Waals surface area contributed by atoms with Crippen LogP contribution in [0, 0.1) is 11.8 Å². The first-order valence-corrected chi connectivity index (χ1v) is 20.1. The Morgan fingerprint density at radius 3 is 1.26 bits per heavy atom. The van der Waals surface area contributed by atoms with Crippen molar-refractivity contribution in [3.63, 3.8) is 0 Å². The predicted molar refractivity (Wildman–Crippen MR) is 211 cm³/mol. The van der Waals surface area contributed by atoms with Gasteiger partial charge in [0.05, 0.1) is 0 Å². The Morgan fingerprint density at radius 1 is 0.447 bits per heavy atom. The number of fused-ring (bicyclic) bond motifs is 2. The van der Waals surface area contributed by atoms with Crippen molar-refractivity contribution in [1.29, 1.82) is 0 Å². The first kappa shape index (κ1) is 34.6. The van der Waals surface area contributed by atoms with E-state index in [9.17, 15) is 0 Å². The average Bonchev–Trinajstić information content (AvgIpc) is 3.68. The summed E-state index contributed by atoms with van der Waals surface area (Å²) >= 11 is 0. The van der Waals surface area contributed by atoms with Gasteiger partial charge < -0.3 is 0 Å². The van der Waals surface area contributed by atoms with Crippen LogP contribution in [0.1, 0.15) is 98.3 Å². The van der Waals surface area contributed by atoms with Gasteiger partial charge in [0.1, 0.15) is 0 Å². The van der Waals surface area contributed by atoms with Gasteiger partial charge in [0.15, 0.2) is 0 Å². The molecule has 2 saturated carbocycles. The summed E-state index contributed by atoms with van der Waals surface area (Å²) < 4.78 is 0. The molecule has 4 aliphatic carbocycles. The van der Waals surface area contributed by atoms with Crippen LogP contribution in [0.25, 0.3) is 34.4 Å². The molecule has 2 atom stereocenters. The normalized spacial score (nSPS) is 21.0. The molecule has 0 aromatic heterocycles. The van der Waals surface area contributed by atoms with Crippen LogP contribution in [-0.4, -0.2) is 47.2 Å². The minimum atomic E-state index is -0.293. The van der Waals surface area contributed by atoms with Crippen LogP contribution in [0.5, 0.6) is 0 Å². The summed E-state index contributed by atoms with van der Waals surface area (Å²) in [5.41, 5.74) is 15.5. The SMILES string of the molecule is C1=C(C2CCCCC2)C(C[SiH2]CC2C(C3CCCCC3)=Cc3c(-c4ccccc4)cccc32)c2cccc(-c3ccccc3)c21.[LiH].[LiH]. The third-order valence-corrected chi connectivity index (χ3v) is 13.7. The van der Waals surface area contributed by atoms with E-state index in [4.69, 9.17) is 0 Å². The first-order chi connectivity index (χ1) is 22.3. The monoisotopic (exact) mass is 620 g/mol. The molecule has 0 N–H and O–H groups in total. The molecule has 2 fully saturated rings. The number of benzene rings is 4. The summed E-state index contributed by atoms with van der Waals surface area (Å²) in [5.74, 6) is 2.84. The van der Waals surface area contributed by atoms with E-state index in [-0.39, 0.29) is 47.2 Å². The van der Waals surface area contributed by atoms with Crippen molar-refractivity contribution in [2.75, 3.05) is 0 Å². The molecular formula is C44H50Li2Si. The van der Waals surface area contributed by atoms with Gasteiger partial charge in [-0.3, -0.25) is 0 Å². The van der Waals surface area contributed by atoms with Crippen molar-refractivity contribution >= 4 is 59.4 Å². The van der Waals surface area contributed by atoms with E-state index in [1.165, 1.54) is 110 Å². The topological polar surface area (TPSA) is 0 Å². The molecule has 3 heteroatoms. The van der Waals surface area contributed by atoms with Gasteiger partial charge in [-0.2, -0.15) is 0 Å². The van der Waals surface area contributed by atoms with Crippen molar-refractivity contribution in [2.24, 2.45) is 11.8 Å². The molecule has 8 rings (SSSR count). The second-order valence-electron chi connectivity index (χ2n) is 14.3. The van der Waals surface area contributed by atoms with E-state index in [1.807, 2.05) is 0 Å². The molecular weight excluding hydrogens is 570 g/mol. The zero-order valence-electron chi connectivity index (χ0n) is 26.9. The van der Waals surface area contributed by atoms with E-state index < -0.39 is 0 Å². The fourth-order valence-corrected chi connectivity index (χ4v) is 11.9. The summed E-state index contributed by atoms with van der Waals surface area (Å²) in [6.07, 6.45) is 19.4. The third kappa shape index (κ3) is 7.09. The Kier molecular flexibility index (Phi) is 11.8. The third-order valence-electron chi connectivity index (χ3n) is 11.8. The van der Waals surface area contributed by atoms with Gasteiger partial charge in [-0.25, -0.2) is 0 Å². The fourth-order valence-electron chi connectivity index (χ4n) is 9.58. The molecule has 4 aromatic rings. The van der Waals surface area contributed by atoms with E-state index in [0.717, 1.165) is 11.8 Å². The van der Waals surface area contributed by atoms with Gasteiger partial charge in [0.2, 0.25) is 0 Å². The van der Waals surface area contributed by atoms with Gasteiger partial charge in [0, 0.05) is 21.4 Å². The summed E-state index contributed by atoms with van der Waals surface area (Å²) in [5, 5.41) is 0. The summed E-state index contributed by atoms with van der Waals surface area (Å²) in [6, 6.07) is 39.5. The number of hydrogen-bond acceptors (Lipinski definition) is 0. The predicted octanol–water partition coefficient (Wildman–Crippen LogP) is 10.6. The minimum absolute atomic E-state index is 0. The standard InChI is InChI=1S/C44H48Si.2Li.2H/c1-5-15-31(16-6-1)35-23-13-25-37-41(35)27-39(33-19-9-3-10-20-33)43(37)29-45-30-44-38-26-14-24-36(32-17-7-2-8-18-32)42(38)28-40(44)34-21-11-4-12-22-34;;;;/h1-2,5-8,13-18,23-28,33-34,43-44H,3-4,9-12,19-22,29-30,45H2;;;;. The zero-order valence-corrected chi connectivity index (χ0v) is 28.3. The van der Waals surface area contributed by atoms with Gasteiger partial charge in [0.25, 0.3) is 0 Å². The van der Waals surface area contributed by atoms with Crippen LogP contribution in [0.2, 0.25) is 12.1 Å². The van der Waals surface area contributed by atoms with Crippen LogP contribution in [0.4, 0.5) is 0 Å². The molecule has 0 heterocycles. The van der Waals surface area contributed by atoms with Crippen molar-refractivity contribution in [1.82, 2.24) is 0 Å². The second kappa shape index (κ2) is 16.0. The van der Waals surface area contributed by atoms with Crippen molar-refractivity contribution in [2.45, 2.75) is 88.1 Å². The maximum absolute atomic E-state index is 2.68. The van der Waals surface area contributed by atoms with Gasteiger partial charge in [-0.15, -0.1) is 0 Å². The summed E-state index contributed by atoms with van der Waals surface area (Å²) in [6.45, 7) is 0. The fraction of sp³-hybridized carbons (Fsp3) is 0.364. The Bertz CT molecular complexity index is 1570. The van der Waals surface area contributed by atoms with Gasteiger partial charge in [-0.05, 0) is 82.0 Å². The average molecular weight is 621 g/mol. The number of rotatable bonds is 8. The van der Waals surface area contributed by atoms with E-state index in [2.05, 4.69) is 109 Å². The van der Waals surface area contributed by atoms with Crippen LogP contribution in [0.15, 0.2) is 108 Å². The summed E-state index contributed by atoms with van der Waals surface area (Å²) in [7, 11) is -0.293. The van der Waals surface area contributed by atoms with Crippen LogP contribution < -0.4 is 0 Å². The second-order valence-corrected chi connectivity index (χ2v) is 16.2. The Hall–Kier alpha value is -2.23.